The number of hydrogen-bond acceptors (Lipinski definition) is 1. The smallest absolute Gasteiger partial charge is 0.0547 e. The van der Waals surface area contributed by atoms with Crippen molar-refractivity contribution < 1.29 is 0 Å². The molecule has 1 unspecified atom stereocenters. The lowest BCUT2D eigenvalue weighted by Crippen LogP contribution is -2.32. The first-order valence-corrected chi connectivity index (χ1v) is 24.7. The summed E-state index contributed by atoms with van der Waals surface area (Å²) in [4.78, 5) is 2.51. The topological polar surface area (TPSA) is 13.1 Å². The third-order valence-electron chi connectivity index (χ3n) is 15.7. The number of para-hydroxylation sites is 3. The third kappa shape index (κ3) is 5.72. The van der Waals surface area contributed by atoms with Crippen molar-refractivity contribution in [2.75, 3.05) is 4.90 Å². The molecule has 3 nitrogen and oxygen atoms in total. The molecule has 1 aliphatic carbocycles. The molecular formula is C68H45N3. The molecule has 11 aromatic carbocycles. The Morgan fingerprint density at radius 1 is 0.296 bits per heavy atom. The number of nitrogens with zero attached hydrogens (tertiary/aromatic N) is 3. The van der Waals surface area contributed by atoms with Crippen molar-refractivity contribution in [1.29, 1.82) is 0 Å². The molecule has 3 heterocycles. The van der Waals surface area contributed by atoms with Crippen LogP contribution in [-0.2, 0) is 5.41 Å². The largest absolute Gasteiger partial charge is 0.310 e. The van der Waals surface area contributed by atoms with Gasteiger partial charge in [0.05, 0.1) is 33.4 Å². The Morgan fingerprint density at radius 2 is 0.817 bits per heavy atom. The van der Waals surface area contributed by atoms with Crippen LogP contribution in [0, 0.1) is 0 Å². The van der Waals surface area contributed by atoms with Crippen LogP contribution in [0.5, 0.6) is 0 Å². The van der Waals surface area contributed by atoms with Crippen LogP contribution in [0.4, 0.5) is 17.1 Å². The van der Waals surface area contributed by atoms with Gasteiger partial charge in [0.15, 0.2) is 0 Å². The second-order valence-corrected chi connectivity index (χ2v) is 19.4. The molecule has 15 rings (SSSR count). The van der Waals surface area contributed by atoms with E-state index in [0.717, 1.165) is 17.1 Å². The number of anilines is 3. The predicted octanol–water partition coefficient (Wildman–Crippen LogP) is 18.0. The fraction of sp³-hybridized carbons (Fsp3) is 0.0294. The molecule has 1 aliphatic heterocycles. The normalized spacial score (nSPS) is 14.6. The summed E-state index contributed by atoms with van der Waals surface area (Å²) in [5, 5.41) is 5.01. The van der Waals surface area contributed by atoms with E-state index < -0.39 is 0 Å². The van der Waals surface area contributed by atoms with E-state index in [-0.39, 0.29) is 5.41 Å². The van der Waals surface area contributed by atoms with Crippen LogP contribution in [0.25, 0.3) is 99.5 Å². The maximum Gasteiger partial charge on any atom is 0.0547 e. The predicted molar refractivity (Wildman–Crippen MR) is 297 cm³/mol. The average Bonchev–Trinajstić information content (AvgIpc) is 4.06. The number of hydrogen-bond donors (Lipinski definition) is 0. The zero-order chi connectivity index (χ0) is 46.8. The highest BCUT2D eigenvalue weighted by Crippen LogP contribution is 2.62. The van der Waals surface area contributed by atoms with Crippen LogP contribution in [0.1, 0.15) is 23.6 Å². The van der Waals surface area contributed by atoms with Gasteiger partial charge in [-0.3, -0.25) is 0 Å². The summed E-state index contributed by atoms with van der Waals surface area (Å²) in [6, 6.07) is 94.2. The first-order valence-electron chi connectivity index (χ1n) is 24.7. The van der Waals surface area contributed by atoms with Crippen molar-refractivity contribution in [3.63, 3.8) is 0 Å². The van der Waals surface area contributed by atoms with Crippen LogP contribution in [0.3, 0.4) is 0 Å². The first-order chi connectivity index (χ1) is 35.1. The minimum absolute atomic E-state index is 0.370. The quantitative estimate of drug-likeness (QED) is 0.162. The van der Waals surface area contributed by atoms with E-state index in [1.54, 1.807) is 0 Å². The second kappa shape index (κ2) is 15.2. The number of aromatic nitrogens is 2. The summed E-state index contributed by atoms with van der Waals surface area (Å²) in [6.45, 7) is 2.46. The molecule has 0 bridgehead atoms. The molecule has 2 aliphatic rings. The summed E-state index contributed by atoms with van der Waals surface area (Å²) in [7, 11) is 0. The van der Waals surface area contributed by atoms with Crippen LogP contribution in [0.2, 0.25) is 0 Å². The Labute approximate surface area is 412 Å². The van der Waals surface area contributed by atoms with Gasteiger partial charge in [-0.15, -0.1) is 0 Å². The lowest BCUT2D eigenvalue weighted by Gasteiger charge is -2.42. The van der Waals surface area contributed by atoms with Crippen LogP contribution in [0.15, 0.2) is 255 Å². The van der Waals surface area contributed by atoms with Crippen LogP contribution in [-0.4, -0.2) is 9.13 Å². The van der Waals surface area contributed by atoms with Crippen molar-refractivity contribution in [2.45, 2.75) is 12.3 Å². The molecule has 1 atom stereocenters. The van der Waals surface area contributed by atoms with Gasteiger partial charge < -0.3 is 14.0 Å². The average molecular weight is 904 g/mol. The van der Waals surface area contributed by atoms with Crippen molar-refractivity contribution in [3.8, 4) is 55.9 Å². The number of fused-ring (bicyclic) bond motifs is 11. The molecule has 0 radical (unpaired) electrons. The maximum absolute atomic E-state index is 2.51. The molecule has 0 saturated heterocycles. The molecule has 3 heteroatoms. The maximum atomic E-state index is 2.51. The molecule has 71 heavy (non-hydrogen) atoms. The van der Waals surface area contributed by atoms with Gasteiger partial charge in [-0.1, -0.05) is 164 Å². The van der Waals surface area contributed by atoms with E-state index in [1.165, 1.54) is 116 Å². The van der Waals surface area contributed by atoms with Crippen molar-refractivity contribution in [2.24, 2.45) is 0 Å². The Hall–Kier alpha value is -9.18. The Kier molecular flexibility index (Phi) is 8.49. The molecule has 332 valence electrons. The van der Waals surface area contributed by atoms with E-state index in [0.29, 0.717) is 0 Å². The Bertz CT molecular complexity index is 4280. The standard InChI is InChI=1S/C68H45N3/c1-68-58-27-13-11-23-53(58)54-26-16-30-65(67(54)68)71(63-40-35-48(43-59(63)68)52-25-15-29-64-66(52)55-24-12-14-28-60(55)70(64)50-21-9-4-10-22-50)51-36-31-45(32-37-51)47-34-39-62-57(42-47)56-41-46(44-17-5-2-6-18-44)33-38-61(56)69(62)49-19-7-3-8-20-49/h2-43H,1H3. The van der Waals surface area contributed by atoms with Gasteiger partial charge >= 0.3 is 0 Å². The van der Waals surface area contributed by atoms with Crippen molar-refractivity contribution in [1.82, 2.24) is 9.13 Å². The summed E-state index contributed by atoms with van der Waals surface area (Å²) in [5.41, 5.74) is 24.2. The van der Waals surface area contributed by atoms with Gasteiger partial charge in [0.25, 0.3) is 0 Å². The first kappa shape index (κ1) is 39.8. The third-order valence-corrected chi connectivity index (χ3v) is 15.7. The zero-order valence-electron chi connectivity index (χ0n) is 39.1. The van der Waals surface area contributed by atoms with E-state index in [2.05, 4.69) is 276 Å². The van der Waals surface area contributed by atoms with Crippen molar-refractivity contribution in [3.05, 3.63) is 271 Å². The van der Waals surface area contributed by atoms with Crippen LogP contribution < -0.4 is 4.90 Å². The van der Waals surface area contributed by atoms with E-state index >= 15 is 0 Å². The molecule has 0 spiro atoms. The Balaban J connectivity index is 0.891. The Morgan fingerprint density at radius 3 is 1.54 bits per heavy atom. The van der Waals surface area contributed by atoms with Gasteiger partial charge in [-0.25, -0.2) is 0 Å². The molecule has 0 amide bonds. The van der Waals surface area contributed by atoms with Crippen molar-refractivity contribution >= 4 is 60.7 Å². The van der Waals surface area contributed by atoms with Crippen LogP contribution >= 0.6 is 0 Å². The van der Waals surface area contributed by atoms with Gasteiger partial charge in [0.1, 0.15) is 0 Å². The van der Waals surface area contributed by atoms with Gasteiger partial charge in [0, 0.05) is 44.0 Å². The minimum Gasteiger partial charge on any atom is -0.310 e. The summed E-state index contributed by atoms with van der Waals surface area (Å²) < 4.78 is 4.82. The molecule has 0 fully saturated rings. The summed E-state index contributed by atoms with van der Waals surface area (Å²) in [6.07, 6.45) is 0. The lowest BCUT2D eigenvalue weighted by molar-refractivity contribution is 0.702. The fourth-order valence-electron chi connectivity index (χ4n) is 12.5. The molecule has 2 aromatic heterocycles. The lowest BCUT2D eigenvalue weighted by atomic mass is 9.70. The van der Waals surface area contributed by atoms with Gasteiger partial charge in [-0.05, 0) is 159 Å². The second-order valence-electron chi connectivity index (χ2n) is 19.4. The van der Waals surface area contributed by atoms with E-state index in [4.69, 9.17) is 0 Å². The molecule has 0 saturated carbocycles. The highest BCUT2D eigenvalue weighted by Gasteiger charge is 2.48. The zero-order valence-corrected chi connectivity index (χ0v) is 39.1. The monoisotopic (exact) mass is 903 g/mol. The summed E-state index contributed by atoms with van der Waals surface area (Å²) in [5.74, 6) is 0. The van der Waals surface area contributed by atoms with Gasteiger partial charge in [-0.2, -0.15) is 0 Å². The number of benzene rings is 11. The molecule has 0 N–H and O–H groups in total. The highest BCUT2D eigenvalue weighted by atomic mass is 15.2. The van der Waals surface area contributed by atoms with Gasteiger partial charge in [0.2, 0.25) is 0 Å². The SMILES string of the molecule is CC12c3ccccc3-c3cccc(c31)N(c1ccc(-c3ccc4c(c3)c3cc(-c5ccccc5)ccc3n4-c3ccccc3)cc1)c1ccc(-c3cccc4c3c3ccccc3n4-c3ccccc3)cc12. The van der Waals surface area contributed by atoms with E-state index in [1.807, 2.05) is 0 Å². The minimum atomic E-state index is -0.370. The number of rotatable bonds is 6. The fourth-order valence-corrected chi connectivity index (χ4v) is 12.5. The van der Waals surface area contributed by atoms with E-state index in [9.17, 15) is 0 Å². The highest BCUT2D eigenvalue weighted by molar-refractivity contribution is 6.16. The molecular weight excluding hydrogens is 859 g/mol. The summed E-state index contributed by atoms with van der Waals surface area (Å²) >= 11 is 0. The molecule has 13 aromatic rings.